The minimum Gasteiger partial charge on any atom is -0.456 e. The predicted molar refractivity (Wildman–Crippen MR) is 137 cm³/mol. The molecule has 0 spiro atoms. The molecule has 0 aromatic heterocycles. The first-order chi connectivity index (χ1) is 16.6. The number of rotatable bonds is 3. The first-order valence-corrected chi connectivity index (χ1v) is 14.6. The molecule has 35 heavy (non-hydrogen) atoms. The molecular formula is C24H37N3O6S2. The Morgan fingerprint density at radius 1 is 0.971 bits per heavy atom. The van der Waals surface area contributed by atoms with Crippen molar-refractivity contribution < 1.29 is 28.7 Å². The Bertz CT molecular complexity index is 817. The fraction of sp³-hybridized carbons (Fsp3) is 0.708. The van der Waals surface area contributed by atoms with Crippen LogP contribution in [0.15, 0.2) is 12.2 Å². The van der Waals surface area contributed by atoms with Crippen LogP contribution in [0.25, 0.3) is 0 Å². The van der Waals surface area contributed by atoms with E-state index in [0.717, 1.165) is 5.75 Å². The maximum Gasteiger partial charge on any atom is 0.326 e. The van der Waals surface area contributed by atoms with Gasteiger partial charge < -0.3 is 20.7 Å². The van der Waals surface area contributed by atoms with Crippen LogP contribution < -0.4 is 16.0 Å². The van der Waals surface area contributed by atoms with Crippen molar-refractivity contribution in [2.75, 3.05) is 18.1 Å². The number of esters is 1. The molecule has 0 unspecified atom stereocenters. The number of Topliss-reactive ketones (excluding diaryl/α,β-unsaturated/α-hetero) is 1. The number of hydrogen-bond donors (Lipinski definition) is 3. The lowest BCUT2D eigenvalue weighted by molar-refractivity contribution is -0.148. The topological polar surface area (TPSA) is 131 Å². The molecule has 2 rings (SSSR count). The number of carbonyl (C=O) groups excluding carboxylic acids is 5. The lowest BCUT2D eigenvalue weighted by Gasteiger charge is -2.27. The number of allylic oxidation sites excluding steroid dienone is 1. The highest BCUT2D eigenvalue weighted by atomic mass is 33.1. The molecular weight excluding hydrogens is 490 g/mol. The monoisotopic (exact) mass is 527 g/mol. The fourth-order valence-electron chi connectivity index (χ4n) is 3.80. The lowest BCUT2D eigenvalue weighted by atomic mass is 9.88. The molecule has 2 bridgehead atoms. The molecule has 2 heterocycles. The molecule has 4 atom stereocenters. The van der Waals surface area contributed by atoms with Gasteiger partial charge in [-0.2, -0.15) is 0 Å². The zero-order chi connectivity index (χ0) is 26.0. The summed E-state index contributed by atoms with van der Waals surface area (Å²) in [5.74, 6) is -1.87. The van der Waals surface area contributed by atoms with Crippen LogP contribution >= 0.6 is 21.6 Å². The van der Waals surface area contributed by atoms with Gasteiger partial charge in [-0.25, -0.2) is 0 Å². The largest absolute Gasteiger partial charge is 0.456 e. The van der Waals surface area contributed by atoms with E-state index in [1.165, 1.54) is 10.8 Å². The van der Waals surface area contributed by atoms with Crippen LogP contribution in [-0.2, 0) is 28.7 Å². The Morgan fingerprint density at radius 2 is 1.71 bits per heavy atom. The maximum absolute atomic E-state index is 13.2. The standard InChI is InChI=1S/C24H37N3O6S2/c1-14(2)9-19-23(31)25-12-21(29)33-17-7-5-6-8-34-35-13-20(24(32)26-19)27-22(30)18(15(3)4)11-16(28)10-17/h5,7,14-15,17-20H,6,8-13H2,1-4H3,(H,25,31)(H,26,32)(H,27,30)/b7-5+/t17-,18-,19-,20-/m1/s1. The summed E-state index contributed by atoms with van der Waals surface area (Å²) in [7, 11) is 3.02. The average Bonchev–Trinajstić information content (AvgIpc) is 2.77. The zero-order valence-electron chi connectivity index (χ0n) is 20.8. The van der Waals surface area contributed by atoms with Gasteiger partial charge in [-0.15, -0.1) is 0 Å². The van der Waals surface area contributed by atoms with Crippen molar-refractivity contribution in [1.29, 1.82) is 0 Å². The Labute approximate surface area is 215 Å². The molecule has 1 saturated heterocycles. The van der Waals surface area contributed by atoms with Crippen molar-refractivity contribution in [3.63, 3.8) is 0 Å². The summed E-state index contributed by atoms with van der Waals surface area (Å²) in [6, 6.07) is -1.74. The first kappa shape index (κ1) is 29.2. The predicted octanol–water partition coefficient (Wildman–Crippen LogP) is 2.01. The van der Waals surface area contributed by atoms with Gasteiger partial charge in [-0.1, -0.05) is 55.4 Å². The van der Waals surface area contributed by atoms with E-state index in [1.54, 1.807) is 16.9 Å². The molecule has 3 amide bonds. The normalized spacial score (nSPS) is 29.1. The van der Waals surface area contributed by atoms with E-state index < -0.39 is 41.9 Å². The van der Waals surface area contributed by atoms with E-state index in [9.17, 15) is 24.0 Å². The van der Waals surface area contributed by atoms with E-state index >= 15 is 0 Å². The van der Waals surface area contributed by atoms with Crippen LogP contribution in [0.4, 0.5) is 0 Å². The third-order valence-corrected chi connectivity index (χ3v) is 8.16. The summed E-state index contributed by atoms with van der Waals surface area (Å²) in [6.07, 6.45) is 3.75. The van der Waals surface area contributed by atoms with Crippen molar-refractivity contribution >= 4 is 51.1 Å². The van der Waals surface area contributed by atoms with Gasteiger partial charge in [0.2, 0.25) is 17.7 Å². The van der Waals surface area contributed by atoms with Crippen LogP contribution in [-0.4, -0.2) is 65.7 Å². The third kappa shape index (κ3) is 10.2. The quantitative estimate of drug-likeness (QED) is 0.289. The molecule has 0 saturated carbocycles. The van der Waals surface area contributed by atoms with Gasteiger partial charge in [0.15, 0.2) is 0 Å². The van der Waals surface area contributed by atoms with Gasteiger partial charge in [0.05, 0.1) is 0 Å². The summed E-state index contributed by atoms with van der Waals surface area (Å²) >= 11 is 0. The van der Waals surface area contributed by atoms with Crippen LogP contribution in [0.5, 0.6) is 0 Å². The van der Waals surface area contributed by atoms with Crippen LogP contribution in [0, 0.1) is 17.8 Å². The molecule has 0 aliphatic carbocycles. The van der Waals surface area contributed by atoms with Crippen molar-refractivity contribution in [1.82, 2.24) is 16.0 Å². The molecule has 3 N–H and O–H groups in total. The summed E-state index contributed by atoms with van der Waals surface area (Å²) < 4.78 is 5.48. The molecule has 11 heteroatoms. The van der Waals surface area contributed by atoms with E-state index in [2.05, 4.69) is 16.0 Å². The Hall–Kier alpha value is -2.01. The van der Waals surface area contributed by atoms with Gasteiger partial charge in [0, 0.05) is 30.3 Å². The van der Waals surface area contributed by atoms with Crippen molar-refractivity contribution in [3.8, 4) is 0 Å². The number of carbonyl (C=O) groups is 5. The van der Waals surface area contributed by atoms with E-state index in [4.69, 9.17) is 4.74 Å². The van der Waals surface area contributed by atoms with Gasteiger partial charge in [-0.05, 0) is 30.8 Å². The van der Waals surface area contributed by atoms with Crippen LogP contribution in [0.1, 0.15) is 53.4 Å². The second-order valence-electron chi connectivity index (χ2n) is 9.62. The first-order valence-electron chi connectivity index (χ1n) is 12.1. The Balaban J connectivity index is 2.45. The second kappa shape index (κ2) is 14.5. The van der Waals surface area contributed by atoms with E-state index in [1.807, 2.05) is 33.8 Å². The summed E-state index contributed by atoms with van der Waals surface area (Å²) in [4.78, 5) is 64.6. The Morgan fingerprint density at radius 3 is 2.40 bits per heavy atom. The van der Waals surface area contributed by atoms with Crippen molar-refractivity contribution in [2.45, 2.75) is 71.6 Å². The highest BCUT2D eigenvalue weighted by Gasteiger charge is 2.32. The number of nitrogens with one attached hydrogen (secondary N) is 3. The highest BCUT2D eigenvalue weighted by Crippen LogP contribution is 2.25. The van der Waals surface area contributed by atoms with E-state index in [-0.39, 0.29) is 42.9 Å². The van der Waals surface area contributed by atoms with Gasteiger partial charge in [-0.3, -0.25) is 24.0 Å². The minimum atomic E-state index is -0.870. The number of fused-ring (bicyclic) bond motifs is 7. The lowest BCUT2D eigenvalue weighted by Crippen LogP contribution is -2.56. The third-order valence-electron chi connectivity index (χ3n) is 5.72. The minimum absolute atomic E-state index is 0.0195. The van der Waals surface area contributed by atoms with Crippen LogP contribution in [0.3, 0.4) is 0 Å². The number of ether oxygens (including phenoxy) is 1. The molecule has 9 nitrogen and oxygen atoms in total. The highest BCUT2D eigenvalue weighted by molar-refractivity contribution is 8.76. The fourth-order valence-corrected chi connectivity index (χ4v) is 5.96. The molecule has 2 aliphatic heterocycles. The maximum atomic E-state index is 13.2. The smallest absolute Gasteiger partial charge is 0.326 e. The summed E-state index contributed by atoms with van der Waals surface area (Å²) in [6.45, 7) is 7.18. The Kier molecular flexibility index (Phi) is 12.1. The molecule has 196 valence electrons. The number of ketones is 1. The van der Waals surface area contributed by atoms with Crippen molar-refractivity contribution in [3.05, 3.63) is 12.2 Å². The zero-order valence-corrected chi connectivity index (χ0v) is 22.5. The molecule has 0 radical (unpaired) electrons. The summed E-state index contributed by atoms with van der Waals surface area (Å²) in [5.41, 5.74) is 0. The number of hydrogen-bond acceptors (Lipinski definition) is 8. The van der Waals surface area contributed by atoms with Gasteiger partial charge in [0.1, 0.15) is 30.5 Å². The molecule has 1 fully saturated rings. The second-order valence-corrected chi connectivity index (χ2v) is 12.2. The number of amides is 3. The summed E-state index contributed by atoms with van der Waals surface area (Å²) in [5, 5.41) is 8.12. The average molecular weight is 528 g/mol. The molecule has 0 aromatic rings. The molecule has 0 aromatic carbocycles. The van der Waals surface area contributed by atoms with Gasteiger partial charge >= 0.3 is 5.97 Å². The molecule has 2 aliphatic rings. The van der Waals surface area contributed by atoms with Crippen molar-refractivity contribution in [2.24, 2.45) is 17.8 Å². The van der Waals surface area contributed by atoms with Crippen LogP contribution in [0.2, 0.25) is 0 Å². The van der Waals surface area contributed by atoms with Gasteiger partial charge in [0.25, 0.3) is 0 Å². The van der Waals surface area contributed by atoms with E-state index in [0.29, 0.717) is 18.6 Å². The SMILES string of the molecule is CC(C)C[C@H]1NC(=O)[C@H]2CSSCC/C=C/[C@H](CC(=O)C[C@H](C(C)C)C(=O)N2)OC(=O)CNC1=O.